The fourth-order valence-corrected chi connectivity index (χ4v) is 2.95. The summed E-state index contributed by atoms with van der Waals surface area (Å²) in [4.78, 5) is 9.25. The van der Waals surface area contributed by atoms with Crippen LogP contribution < -0.4 is 9.47 Å². The first kappa shape index (κ1) is 17.5. The highest BCUT2D eigenvalue weighted by molar-refractivity contribution is 5.44. The molecule has 1 aliphatic rings. The second-order valence-electron chi connectivity index (χ2n) is 5.77. The number of rotatable bonds is 4. The zero-order valence-corrected chi connectivity index (χ0v) is 13.9. The molecule has 5 nitrogen and oxygen atoms in total. The lowest BCUT2D eigenvalue weighted by atomic mass is 10.1. The molecule has 2 heterocycles. The Morgan fingerprint density at radius 2 is 1.84 bits per heavy atom. The van der Waals surface area contributed by atoms with E-state index in [0.717, 1.165) is 5.56 Å². The summed E-state index contributed by atoms with van der Waals surface area (Å²) in [7, 11) is 3.19. The lowest BCUT2D eigenvalue weighted by molar-refractivity contribution is -0.145. The molecule has 1 aliphatic heterocycles. The molecule has 0 aliphatic carbocycles. The van der Waals surface area contributed by atoms with Gasteiger partial charge in [0.25, 0.3) is 0 Å². The molecule has 1 aromatic heterocycles. The quantitative estimate of drug-likeness (QED) is 0.845. The van der Waals surface area contributed by atoms with Gasteiger partial charge in [0.2, 0.25) is 5.82 Å². The van der Waals surface area contributed by atoms with Crippen LogP contribution in [0.3, 0.4) is 0 Å². The molecular weight excluding hydrogens is 335 g/mol. The highest BCUT2D eigenvalue weighted by atomic mass is 19.4. The third-order valence-corrected chi connectivity index (χ3v) is 4.18. The number of ether oxygens (including phenoxy) is 2. The zero-order chi connectivity index (χ0) is 18.0. The third-order valence-electron chi connectivity index (χ3n) is 4.18. The Morgan fingerprint density at radius 1 is 1.16 bits per heavy atom. The van der Waals surface area contributed by atoms with E-state index in [1.54, 1.807) is 14.2 Å². The second kappa shape index (κ2) is 6.87. The van der Waals surface area contributed by atoms with E-state index in [0.29, 0.717) is 48.8 Å². The maximum Gasteiger partial charge on any atom is 0.451 e. The molecular formula is C17H18F3N3O2. The highest BCUT2D eigenvalue weighted by Gasteiger charge is 2.35. The second-order valence-corrected chi connectivity index (χ2v) is 5.77. The third kappa shape index (κ3) is 3.68. The van der Waals surface area contributed by atoms with Gasteiger partial charge < -0.3 is 9.47 Å². The molecule has 2 aromatic rings. The van der Waals surface area contributed by atoms with Crippen LogP contribution in [-0.2, 0) is 25.7 Å². The van der Waals surface area contributed by atoms with Crippen molar-refractivity contribution in [3.05, 3.63) is 47.0 Å². The van der Waals surface area contributed by atoms with Gasteiger partial charge in [0, 0.05) is 37.8 Å². The summed E-state index contributed by atoms with van der Waals surface area (Å²) >= 11 is 0. The molecule has 0 spiro atoms. The van der Waals surface area contributed by atoms with Crippen molar-refractivity contribution in [2.75, 3.05) is 20.8 Å². The van der Waals surface area contributed by atoms with Gasteiger partial charge >= 0.3 is 6.18 Å². The first-order valence-corrected chi connectivity index (χ1v) is 7.76. The minimum absolute atomic E-state index is 0.443. The van der Waals surface area contributed by atoms with Crippen molar-refractivity contribution in [2.24, 2.45) is 0 Å². The fraction of sp³-hybridized carbons (Fsp3) is 0.412. The Kier molecular flexibility index (Phi) is 4.80. The van der Waals surface area contributed by atoms with E-state index in [1.165, 1.54) is 6.20 Å². The molecule has 0 fully saturated rings. The van der Waals surface area contributed by atoms with Crippen molar-refractivity contribution in [3.63, 3.8) is 0 Å². The van der Waals surface area contributed by atoms with Crippen LogP contribution in [0.25, 0.3) is 0 Å². The zero-order valence-electron chi connectivity index (χ0n) is 13.9. The first-order valence-electron chi connectivity index (χ1n) is 7.76. The van der Waals surface area contributed by atoms with Gasteiger partial charge in [0.15, 0.2) is 0 Å². The summed E-state index contributed by atoms with van der Waals surface area (Å²) in [6.07, 6.45) is -2.80. The van der Waals surface area contributed by atoms with Crippen LogP contribution in [0.2, 0.25) is 0 Å². The van der Waals surface area contributed by atoms with Crippen LogP contribution in [0.5, 0.6) is 11.5 Å². The molecule has 3 rings (SSSR count). The van der Waals surface area contributed by atoms with Gasteiger partial charge in [-0.1, -0.05) is 6.07 Å². The topological polar surface area (TPSA) is 47.5 Å². The largest absolute Gasteiger partial charge is 0.496 e. The molecule has 0 radical (unpaired) electrons. The smallest absolute Gasteiger partial charge is 0.451 e. The van der Waals surface area contributed by atoms with Crippen molar-refractivity contribution in [3.8, 4) is 11.5 Å². The maximum absolute atomic E-state index is 12.7. The fourth-order valence-electron chi connectivity index (χ4n) is 2.95. The molecule has 1 aromatic carbocycles. The molecule has 0 saturated heterocycles. The average Bonchev–Trinajstić information content (AvgIpc) is 2.60. The van der Waals surface area contributed by atoms with E-state index < -0.39 is 12.0 Å². The minimum atomic E-state index is -4.52. The van der Waals surface area contributed by atoms with Crippen LogP contribution in [-0.4, -0.2) is 35.6 Å². The average molecular weight is 353 g/mol. The summed E-state index contributed by atoms with van der Waals surface area (Å²) in [5, 5.41) is 0. The van der Waals surface area contributed by atoms with Crippen molar-refractivity contribution in [1.29, 1.82) is 0 Å². The van der Waals surface area contributed by atoms with Crippen molar-refractivity contribution < 1.29 is 22.6 Å². The maximum atomic E-state index is 12.7. The number of halogens is 3. The van der Waals surface area contributed by atoms with E-state index in [1.807, 2.05) is 18.2 Å². The van der Waals surface area contributed by atoms with Crippen LogP contribution in [0.4, 0.5) is 13.2 Å². The van der Waals surface area contributed by atoms with Crippen LogP contribution in [0.15, 0.2) is 24.4 Å². The van der Waals surface area contributed by atoms with Crippen LogP contribution in [0.1, 0.15) is 22.6 Å². The first-order chi connectivity index (χ1) is 11.9. The molecule has 25 heavy (non-hydrogen) atoms. The summed E-state index contributed by atoms with van der Waals surface area (Å²) in [5.74, 6) is 0.355. The van der Waals surface area contributed by atoms with Gasteiger partial charge in [-0.05, 0) is 12.1 Å². The number of hydrogen-bond donors (Lipinski definition) is 0. The molecule has 0 unspecified atom stereocenters. The number of benzene rings is 1. The number of nitrogens with zero attached hydrogens (tertiary/aromatic N) is 3. The van der Waals surface area contributed by atoms with Gasteiger partial charge in [0.1, 0.15) is 11.5 Å². The Balaban J connectivity index is 1.80. The summed E-state index contributed by atoms with van der Waals surface area (Å²) in [5.41, 5.74) is 2.09. The Morgan fingerprint density at radius 3 is 2.44 bits per heavy atom. The van der Waals surface area contributed by atoms with E-state index >= 15 is 0 Å². The minimum Gasteiger partial charge on any atom is -0.496 e. The van der Waals surface area contributed by atoms with Crippen LogP contribution >= 0.6 is 0 Å². The molecule has 0 bridgehead atoms. The highest BCUT2D eigenvalue weighted by Crippen LogP contribution is 2.32. The Hall–Kier alpha value is -2.35. The monoisotopic (exact) mass is 353 g/mol. The molecule has 0 N–H and O–H groups in total. The molecule has 0 saturated carbocycles. The molecule has 0 atom stereocenters. The molecule has 0 amide bonds. The van der Waals surface area contributed by atoms with Gasteiger partial charge in [-0.3, -0.25) is 4.90 Å². The predicted octanol–water partition coefficient (Wildman–Crippen LogP) is 3.07. The molecule has 8 heteroatoms. The van der Waals surface area contributed by atoms with E-state index in [2.05, 4.69) is 14.9 Å². The Bertz CT molecular complexity index is 743. The van der Waals surface area contributed by atoms with Gasteiger partial charge in [-0.15, -0.1) is 0 Å². The summed E-state index contributed by atoms with van der Waals surface area (Å²) < 4.78 is 49.0. The number of hydrogen-bond acceptors (Lipinski definition) is 5. The van der Waals surface area contributed by atoms with Gasteiger partial charge in [-0.2, -0.15) is 13.2 Å². The van der Waals surface area contributed by atoms with E-state index in [-0.39, 0.29) is 0 Å². The predicted molar refractivity (Wildman–Crippen MR) is 84.4 cm³/mol. The lowest BCUT2D eigenvalue weighted by Gasteiger charge is -2.29. The number of fused-ring (bicyclic) bond motifs is 1. The van der Waals surface area contributed by atoms with Crippen LogP contribution in [0, 0.1) is 0 Å². The molecule has 134 valence electrons. The SMILES string of the molecule is COc1cccc(OC)c1CN1CCc2nc(C(F)(F)F)ncc2C1. The lowest BCUT2D eigenvalue weighted by Crippen LogP contribution is -2.32. The van der Waals surface area contributed by atoms with E-state index in [4.69, 9.17) is 9.47 Å². The van der Waals surface area contributed by atoms with Crippen molar-refractivity contribution in [1.82, 2.24) is 14.9 Å². The normalized spacial score (nSPS) is 14.9. The number of methoxy groups -OCH3 is 2. The number of alkyl halides is 3. The van der Waals surface area contributed by atoms with Gasteiger partial charge in [-0.25, -0.2) is 9.97 Å². The number of aromatic nitrogens is 2. The van der Waals surface area contributed by atoms with Crippen molar-refractivity contribution >= 4 is 0 Å². The van der Waals surface area contributed by atoms with E-state index in [9.17, 15) is 13.2 Å². The summed E-state index contributed by atoms with van der Waals surface area (Å²) in [6.45, 7) is 1.64. The van der Waals surface area contributed by atoms with Crippen molar-refractivity contribution in [2.45, 2.75) is 25.7 Å². The standard InChI is InChI=1S/C17H18F3N3O2/c1-24-14-4-3-5-15(25-2)12(14)10-23-7-6-13-11(9-23)8-21-16(22-13)17(18,19)20/h3-5,8H,6-7,9-10H2,1-2H3. The van der Waals surface area contributed by atoms with Gasteiger partial charge in [0.05, 0.1) is 25.5 Å². The Labute approximate surface area is 143 Å². The summed E-state index contributed by atoms with van der Waals surface area (Å²) in [6, 6.07) is 5.56.